The Morgan fingerprint density at radius 3 is 2.30 bits per heavy atom. The van der Waals surface area contributed by atoms with E-state index in [0.717, 1.165) is 5.56 Å². The summed E-state index contributed by atoms with van der Waals surface area (Å²) in [6.45, 7) is 8.31. The number of aliphatic hydroxyl groups is 1. The number of alkyl carbamates (subject to hydrolysis) is 1. The van der Waals surface area contributed by atoms with Gasteiger partial charge in [0.2, 0.25) is 5.91 Å². The highest BCUT2D eigenvalue weighted by molar-refractivity contribution is 5.99. The maximum Gasteiger partial charge on any atom is 0.408 e. The Balaban J connectivity index is 2.00. The van der Waals surface area contributed by atoms with Crippen molar-refractivity contribution in [3.8, 4) is 12.3 Å². The molecule has 0 aliphatic heterocycles. The van der Waals surface area contributed by atoms with Crippen LogP contribution in [0.5, 0.6) is 0 Å². The normalized spacial score (nSPS) is 18.1. The predicted octanol–water partition coefficient (Wildman–Crippen LogP) is 3.78. The van der Waals surface area contributed by atoms with Gasteiger partial charge in [-0.1, -0.05) is 43.2 Å². The van der Waals surface area contributed by atoms with Crippen LogP contribution in [0.1, 0.15) is 56.8 Å². The van der Waals surface area contributed by atoms with Crippen LogP contribution in [-0.4, -0.2) is 52.2 Å². The van der Waals surface area contributed by atoms with Crippen molar-refractivity contribution < 1.29 is 24.2 Å². The van der Waals surface area contributed by atoms with Crippen molar-refractivity contribution in [2.45, 2.75) is 64.8 Å². The molecule has 0 saturated heterocycles. The van der Waals surface area contributed by atoms with Crippen LogP contribution in [0.25, 0.3) is 0 Å². The fourth-order valence-corrected chi connectivity index (χ4v) is 4.10. The van der Waals surface area contributed by atoms with Crippen LogP contribution in [0.3, 0.4) is 0 Å². The molecule has 196 valence electrons. The second-order valence-corrected chi connectivity index (χ2v) is 10.4. The van der Waals surface area contributed by atoms with Crippen LogP contribution in [-0.2, 0) is 14.3 Å². The maximum absolute atomic E-state index is 13.8. The van der Waals surface area contributed by atoms with Gasteiger partial charge in [-0.2, -0.15) is 0 Å². The summed E-state index contributed by atoms with van der Waals surface area (Å²) in [4.78, 5) is 41.5. The Kier molecular flexibility index (Phi) is 8.61. The van der Waals surface area contributed by atoms with E-state index in [9.17, 15) is 19.5 Å². The first-order valence-corrected chi connectivity index (χ1v) is 12.3. The first-order valence-electron chi connectivity index (χ1n) is 12.3. The molecule has 1 aliphatic rings. The van der Waals surface area contributed by atoms with Crippen LogP contribution in [0, 0.1) is 25.2 Å². The number of rotatable bonds is 8. The molecule has 0 spiro atoms. The number of ether oxygens (including phenoxy) is 1. The van der Waals surface area contributed by atoms with Crippen LogP contribution in [0.4, 0.5) is 10.5 Å². The van der Waals surface area contributed by atoms with E-state index in [-0.39, 0.29) is 12.0 Å². The molecule has 3 rings (SSSR count). The largest absolute Gasteiger partial charge is 0.444 e. The zero-order valence-electron chi connectivity index (χ0n) is 21.9. The zero-order chi connectivity index (χ0) is 27.3. The minimum absolute atomic E-state index is 0.142. The van der Waals surface area contributed by atoms with Crippen molar-refractivity contribution in [3.05, 3.63) is 65.2 Å². The number of nitrogens with one attached hydrogen (secondary N) is 2. The quantitative estimate of drug-likeness (QED) is 0.473. The number of para-hydroxylation sites is 1. The van der Waals surface area contributed by atoms with Crippen molar-refractivity contribution in [2.24, 2.45) is 5.92 Å². The van der Waals surface area contributed by atoms with E-state index in [4.69, 9.17) is 11.2 Å². The second-order valence-electron chi connectivity index (χ2n) is 10.4. The Labute approximate surface area is 218 Å². The molecule has 0 heterocycles. The van der Waals surface area contributed by atoms with Crippen molar-refractivity contribution in [2.75, 3.05) is 11.9 Å². The minimum Gasteiger partial charge on any atom is -0.444 e. The molecule has 3 amide bonds. The van der Waals surface area contributed by atoms with Crippen molar-refractivity contribution in [1.82, 2.24) is 10.2 Å². The van der Waals surface area contributed by atoms with Crippen LogP contribution < -0.4 is 10.6 Å². The summed E-state index contributed by atoms with van der Waals surface area (Å²) in [5.74, 6) is 1.71. The molecule has 4 unspecified atom stereocenters. The van der Waals surface area contributed by atoms with Crippen molar-refractivity contribution in [1.29, 1.82) is 0 Å². The lowest BCUT2D eigenvalue weighted by Gasteiger charge is -2.34. The van der Waals surface area contributed by atoms with Gasteiger partial charge in [0.15, 0.2) is 0 Å². The SMILES string of the molecule is C#Cc1ccc(C(C(=O)Nc2ccccc2C)N(C(=O)C(CO)NC(=O)OC(C)(C)C)C2CC2C)cc1. The Morgan fingerprint density at radius 2 is 1.78 bits per heavy atom. The number of hydrogen-bond acceptors (Lipinski definition) is 5. The lowest BCUT2D eigenvalue weighted by Crippen LogP contribution is -2.54. The summed E-state index contributed by atoms with van der Waals surface area (Å²) in [5, 5.41) is 15.5. The van der Waals surface area contributed by atoms with Crippen molar-refractivity contribution in [3.63, 3.8) is 0 Å². The van der Waals surface area contributed by atoms with Crippen LogP contribution >= 0.6 is 0 Å². The number of nitrogens with zero attached hydrogens (tertiary/aromatic N) is 1. The molecule has 2 aromatic rings. The maximum atomic E-state index is 13.8. The standard InChI is InChI=1S/C29H35N3O5/c1-7-20-12-14-21(15-13-20)25(26(34)30-22-11-9-8-10-18(22)2)32(24-16-19(24)3)27(35)23(17-33)31-28(36)37-29(4,5)6/h1,8-15,19,23-25,33H,16-17H2,2-6H3,(H,30,34)(H,31,36). The fourth-order valence-electron chi connectivity index (χ4n) is 4.10. The van der Waals surface area contributed by atoms with Gasteiger partial charge in [0, 0.05) is 17.3 Å². The average molecular weight is 506 g/mol. The van der Waals surface area contributed by atoms with Gasteiger partial charge in [0.05, 0.1) is 6.61 Å². The molecule has 8 nitrogen and oxygen atoms in total. The summed E-state index contributed by atoms with van der Waals surface area (Å²) < 4.78 is 5.28. The predicted molar refractivity (Wildman–Crippen MR) is 142 cm³/mol. The molecule has 0 aromatic heterocycles. The highest BCUT2D eigenvalue weighted by Crippen LogP contribution is 2.41. The number of terminal acetylenes is 1. The molecule has 3 N–H and O–H groups in total. The molecule has 2 aromatic carbocycles. The van der Waals surface area contributed by atoms with Gasteiger partial charge in [-0.15, -0.1) is 6.42 Å². The number of hydrogen-bond donors (Lipinski definition) is 3. The number of carbonyl (C=O) groups is 3. The lowest BCUT2D eigenvalue weighted by molar-refractivity contribution is -0.142. The second kappa shape index (κ2) is 11.5. The van der Waals surface area contributed by atoms with E-state index in [1.54, 1.807) is 51.1 Å². The number of carbonyl (C=O) groups excluding carboxylic acids is 3. The van der Waals surface area contributed by atoms with E-state index in [2.05, 4.69) is 16.6 Å². The van der Waals surface area contributed by atoms with E-state index in [1.165, 1.54) is 4.90 Å². The lowest BCUT2D eigenvalue weighted by atomic mass is 10.0. The highest BCUT2D eigenvalue weighted by Gasteiger charge is 2.48. The molecule has 0 bridgehead atoms. The summed E-state index contributed by atoms with van der Waals surface area (Å²) in [5.41, 5.74) is 1.91. The summed E-state index contributed by atoms with van der Waals surface area (Å²) in [6, 6.07) is 11.7. The molecule has 0 radical (unpaired) electrons. The van der Waals surface area contributed by atoms with Gasteiger partial charge in [-0.05, 0) is 69.4 Å². The summed E-state index contributed by atoms with van der Waals surface area (Å²) in [7, 11) is 0. The summed E-state index contributed by atoms with van der Waals surface area (Å²) in [6.07, 6.45) is 5.37. The first-order chi connectivity index (χ1) is 17.4. The first kappa shape index (κ1) is 27.8. The third-order valence-electron chi connectivity index (χ3n) is 6.17. The molecule has 1 fully saturated rings. The Hall–Kier alpha value is -3.83. The number of anilines is 1. The number of aliphatic hydroxyl groups excluding tert-OH is 1. The average Bonchev–Trinajstić information content (AvgIpc) is 3.56. The fraction of sp³-hybridized carbons (Fsp3) is 0.414. The molecule has 4 atom stereocenters. The van der Waals surface area contributed by atoms with Gasteiger partial charge >= 0.3 is 6.09 Å². The van der Waals surface area contributed by atoms with Gasteiger partial charge < -0.3 is 25.4 Å². The van der Waals surface area contributed by atoms with E-state index >= 15 is 0 Å². The molecule has 37 heavy (non-hydrogen) atoms. The number of benzene rings is 2. The molecule has 8 heteroatoms. The highest BCUT2D eigenvalue weighted by atomic mass is 16.6. The van der Waals surface area contributed by atoms with Gasteiger partial charge in [-0.25, -0.2) is 4.79 Å². The van der Waals surface area contributed by atoms with Crippen molar-refractivity contribution >= 4 is 23.6 Å². The van der Waals surface area contributed by atoms with E-state index < -0.39 is 42.2 Å². The minimum atomic E-state index is -1.29. The zero-order valence-corrected chi connectivity index (χ0v) is 21.9. The van der Waals surface area contributed by atoms with E-state index in [1.807, 2.05) is 32.0 Å². The van der Waals surface area contributed by atoms with Gasteiger partial charge in [0.1, 0.15) is 17.7 Å². The smallest absolute Gasteiger partial charge is 0.408 e. The Morgan fingerprint density at radius 1 is 1.16 bits per heavy atom. The summed E-state index contributed by atoms with van der Waals surface area (Å²) >= 11 is 0. The number of amides is 3. The van der Waals surface area contributed by atoms with Gasteiger partial charge in [0.25, 0.3) is 5.91 Å². The van der Waals surface area contributed by atoms with Crippen LogP contribution in [0.2, 0.25) is 0 Å². The number of aryl methyl sites for hydroxylation is 1. The van der Waals surface area contributed by atoms with Gasteiger partial charge in [-0.3, -0.25) is 9.59 Å². The third-order valence-corrected chi connectivity index (χ3v) is 6.17. The van der Waals surface area contributed by atoms with E-state index in [0.29, 0.717) is 23.2 Å². The molecule has 1 aliphatic carbocycles. The topological polar surface area (TPSA) is 108 Å². The molecular formula is C29H35N3O5. The van der Waals surface area contributed by atoms with Crippen LogP contribution in [0.15, 0.2) is 48.5 Å². The Bertz CT molecular complexity index is 1180. The molecule has 1 saturated carbocycles. The molecular weight excluding hydrogens is 470 g/mol. The third kappa shape index (κ3) is 7.11. The monoisotopic (exact) mass is 505 g/mol.